The summed E-state index contributed by atoms with van der Waals surface area (Å²) in [5, 5.41) is 5.92. The Labute approximate surface area is 207 Å². The molecule has 4 aromatic rings. The number of rotatable bonds is 7. The predicted octanol–water partition coefficient (Wildman–Crippen LogP) is 3.77. The lowest BCUT2D eigenvalue weighted by atomic mass is 9.98. The monoisotopic (exact) mass is 516 g/mol. The molecular formula is C24H20F4N6O3. The molecule has 0 aliphatic heterocycles. The number of carbonyl (C=O) groups is 2. The molecular weight excluding hydrogens is 496 g/mol. The number of nitrogens with zero attached hydrogens (tertiary/aromatic N) is 3. The molecule has 0 aliphatic carbocycles. The maximum atomic E-state index is 15.5. The van der Waals surface area contributed by atoms with Crippen LogP contribution in [0.4, 0.5) is 28.3 Å². The van der Waals surface area contributed by atoms with Gasteiger partial charge in [-0.3, -0.25) is 4.79 Å². The summed E-state index contributed by atoms with van der Waals surface area (Å²) in [7, 11) is 0. The summed E-state index contributed by atoms with van der Waals surface area (Å²) in [5.74, 6) is -6.64. The highest BCUT2D eigenvalue weighted by Crippen LogP contribution is 2.35. The first-order valence-corrected chi connectivity index (χ1v) is 10.7. The van der Waals surface area contributed by atoms with E-state index in [-0.39, 0.29) is 22.6 Å². The fraction of sp³-hybridized carbons (Fsp3) is 0.167. The normalized spacial score (nSPS) is 12.4. The third-order valence-electron chi connectivity index (χ3n) is 5.52. The number of amides is 2. The molecule has 0 bridgehead atoms. The number of alkyl halides is 2. The number of hydrogen-bond donors (Lipinski definition) is 3. The second-order valence-electron chi connectivity index (χ2n) is 8.12. The zero-order valence-electron chi connectivity index (χ0n) is 19.2. The second kappa shape index (κ2) is 9.76. The van der Waals surface area contributed by atoms with Gasteiger partial charge >= 0.3 is 12.0 Å². The minimum atomic E-state index is -3.89. The van der Waals surface area contributed by atoms with E-state index < -0.39 is 47.8 Å². The molecule has 2 aromatic heterocycles. The van der Waals surface area contributed by atoms with Gasteiger partial charge in [-0.1, -0.05) is 24.3 Å². The van der Waals surface area contributed by atoms with Gasteiger partial charge in [0.1, 0.15) is 11.6 Å². The number of nitrogens with one attached hydrogen (secondary N) is 1. The van der Waals surface area contributed by atoms with Gasteiger partial charge in [-0.2, -0.15) is 4.98 Å². The number of benzene rings is 2. The SMILES string of the molecule is Cc1ccc(-c2ccn3nc(N)nc3c2)c(F)c1C(=O)NCC(F)(F)C(OC(N)=O)c1ccc(F)cc1. The molecule has 0 saturated carbocycles. The van der Waals surface area contributed by atoms with Crippen molar-refractivity contribution < 1.29 is 31.9 Å². The van der Waals surface area contributed by atoms with Gasteiger partial charge in [0.05, 0.1) is 12.1 Å². The van der Waals surface area contributed by atoms with E-state index in [1.807, 2.05) is 5.32 Å². The van der Waals surface area contributed by atoms with Crippen LogP contribution in [0.2, 0.25) is 0 Å². The van der Waals surface area contributed by atoms with Crippen LogP contribution in [0, 0.1) is 18.6 Å². The van der Waals surface area contributed by atoms with E-state index >= 15 is 13.2 Å². The Hall–Kier alpha value is -4.68. The number of carbonyl (C=O) groups excluding carboxylic acids is 2. The first-order valence-electron chi connectivity index (χ1n) is 10.7. The lowest BCUT2D eigenvalue weighted by Crippen LogP contribution is -2.43. The molecule has 1 unspecified atom stereocenters. The number of anilines is 1. The molecule has 0 spiro atoms. The second-order valence-corrected chi connectivity index (χ2v) is 8.12. The van der Waals surface area contributed by atoms with Crippen molar-refractivity contribution in [3.05, 3.63) is 83.1 Å². The van der Waals surface area contributed by atoms with Crippen LogP contribution in [-0.2, 0) is 4.74 Å². The molecule has 37 heavy (non-hydrogen) atoms. The van der Waals surface area contributed by atoms with Crippen molar-refractivity contribution >= 4 is 23.6 Å². The Bertz CT molecular complexity index is 1490. The first kappa shape index (κ1) is 25.4. The van der Waals surface area contributed by atoms with Crippen LogP contribution in [0.3, 0.4) is 0 Å². The van der Waals surface area contributed by atoms with Gasteiger partial charge in [-0.05, 0) is 47.9 Å². The average Bonchev–Trinajstić information content (AvgIpc) is 3.21. The van der Waals surface area contributed by atoms with Crippen LogP contribution >= 0.6 is 0 Å². The number of primary amides is 1. The van der Waals surface area contributed by atoms with Crippen LogP contribution in [0.25, 0.3) is 16.8 Å². The molecule has 1 atom stereocenters. The molecule has 2 aromatic carbocycles. The molecule has 13 heteroatoms. The van der Waals surface area contributed by atoms with Crippen molar-refractivity contribution in [3.63, 3.8) is 0 Å². The quantitative estimate of drug-likeness (QED) is 0.320. The van der Waals surface area contributed by atoms with E-state index in [9.17, 15) is 14.0 Å². The van der Waals surface area contributed by atoms with Crippen molar-refractivity contribution in [2.75, 3.05) is 12.3 Å². The van der Waals surface area contributed by atoms with Crippen molar-refractivity contribution in [1.29, 1.82) is 0 Å². The van der Waals surface area contributed by atoms with Gasteiger partial charge in [0, 0.05) is 11.8 Å². The molecule has 0 aliphatic rings. The minimum absolute atomic E-state index is 0.0155. The van der Waals surface area contributed by atoms with Crippen LogP contribution < -0.4 is 16.8 Å². The summed E-state index contributed by atoms with van der Waals surface area (Å²) in [4.78, 5) is 28.1. The zero-order chi connectivity index (χ0) is 26.9. The summed E-state index contributed by atoms with van der Waals surface area (Å²) < 4.78 is 64.8. The molecule has 9 nitrogen and oxygen atoms in total. The molecule has 0 radical (unpaired) electrons. The van der Waals surface area contributed by atoms with Crippen molar-refractivity contribution in [3.8, 4) is 11.1 Å². The van der Waals surface area contributed by atoms with Crippen molar-refractivity contribution in [1.82, 2.24) is 19.9 Å². The van der Waals surface area contributed by atoms with Gasteiger partial charge in [0.2, 0.25) is 5.95 Å². The molecule has 2 heterocycles. The van der Waals surface area contributed by atoms with Gasteiger partial charge in [0.25, 0.3) is 5.91 Å². The maximum absolute atomic E-state index is 15.5. The zero-order valence-corrected chi connectivity index (χ0v) is 19.2. The summed E-state index contributed by atoms with van der Waals surface area (Å²) >= 11 is 0. The number of fused-ring (bicyclic) bond motifs is 1. The van der Waals surface area contributed by atoms with Crippen LogP contribution in [-0.4, -0.2) is 39.1 Å². The van der Waals surface area contributed by atoms with E-state index in [1.54, 1.807) is 0 Å². The highest BCUT2D eigenvalue weighted by Gasteiger charge is 2.44. The Morgan fingerprint density at radius 3 is 2.51 bits per heavy atom. The fourth-order valence-corrected chi connectivity index (χ4v) is 3.77. The van der Waals surface area contributed by atoms with E-state index in [1.165, 1.54) is 41.9 Å². The number of aromatic nitrogens is 3. The number of hydrogen-bond acceptors (Lipinski definition) is 6. The van der Waals surface area contributed by atoms with E-state index in [2.05, 4.69) is 14.8 Å². The maximum Gasteiger partial charge on any atom is 0.405 e. The number of nitrogen functional groups attached to an aromatic ring is 1. The van der Waals surface area contributed by atoms with Gasteiger partial charge < -0.3 is 21.5 Å². The Morgan fingerprint density at radius 2 is 1.84 bits per heavy atom. The number of aryl methyl sites for hydroxylation is 1. The standard InChI is InChI=1S/C24H20F4N6O3/c1-12-2-7-16(14-8-9-34-17(10-14)32-22(29)33-34)19(26)18(12)21(35)31-11-24(27,28)20(37-23(30)36)13-3-5-15(25)6-4-13/h2-10,20H,11H2,1H3,(H2,29,33)(H2,30,36)(H,31,35). The van der Waals surface area contributed by atoms with Gasteiger partial charge in [-0.25, -0.2) is 26.9 Å². The molecule has 0 fully saturated rings. The summed E-state index contributed by atoms with van der Waals surface area (Å²) in [6, 6.07) is 9.71. The highest BCUT2D eigenvalue weighted by molar-refractivity contribution is 5.97. The third kappa shape index (κ3) is 5.29. The Kier molecular flexibility index (Phi) is 6.70. The number of halogens is 4. The number of pyridine rings is 1. The lowest BCUT2D eigenvalue weighted by Gasteiger charge is -2.27. The fourth-order valence-electron chi connectivity index (χ4n) is 3.77. The smallest absolute Gasteiger partial charge is 0.405 e. The van der Waals surface area contributed by atoms with E-state index in [0.29, 0.717) is 11.2 Å². The van der Waals surface area contributed by atoms with Gasteiger partial charge in [-0.15, -0.1) is 5.10 Å². The van der Waals surface area contributed by atoms with Crippen LogP contribution in [0.15, 0.2) is 54.7 Å². The molecule has 192 valence electrons. The Morgan fingerprint density at radius 1 is 1.14 bits per heavy atom. The van der Waals surface area contributed by atoms with Gasteiger partial charge in [0.15, 0.2) is 11.8 Å². The van der Waals surface area contributed by atoms with Crippen molar-refractivity contribution in [2.45, 2.75) is 19.0 Å². The highest BCUT2D eigenvalue weighted by atomic mass is 19.3. The molecule has 2 amide bonds. The third-order valence-corrected chi connectivity index (χ3v) is 5.52. The molecule has 4 rings (SSSR count). The lowest BCUT2D eigenvalue weighted by molar-refractivity contribution is -0.108. The minimum Gasteiger partial charge on any atom is -0.435 e. The number of ether oxygens (including phenoxy) is 1. The summed E-state index contributed by atoms with van der Waals surface area (Å²) in [5.41, 5.74) is 10.7. The van der Waals surface area contributed by atoms with Crippen LogP contribution in [0.1, 0.15) is 27.6 Å². The average molecular weight is 516 g/mol. The largest absolute Gasteiger partial charge is 0.435 e. The van der Waals surface area contributed by atoms with E-state index in [0.717, 1.165) is 24.3 Å². The van der Waals surface area contributed by atoms with Crippen molar-refractivity contribution in [2.24, 2.45) is 5.73 Å². The summed E-state index contributed by atoms with van der Waals surface area (Å²) in [6.07, 6.45) is -2.23. The number of nitrogens with two attached hydrogens (primary N) is 2. The molecule has 0 saturated heterocycles. The molecule has 5 N–H and O–H groups in total. The topological polar surface area (TPSA) is 138 Å². The van der Waals surface area contributed by atoms with Crippen LogP contribution in [0.5, 0.6) is 0 Å². The first-order chi connectivity index (χ1) is 17.5. The Balaban J connectivity index is 1.60. The predicted molar refractivity (Wildman–Crippen MR) is 125 cm³/mol. The van der Waals surface area contributed by atoms with E-state index in [4.69, 9.17) is 11.5 Å². The summed E-state index contributed by atoms with van der Waals surface area (Å²) in [6.45, 7) is 0.106.